The number of likely N-dealkylation sites (tertiary alicyclic amines) is 1. The molecule has 3 aliphatic rings. The normalized spacial score (nSPS) is 27.1. The van der Waals surface area contributed by atoms with Crippen LogP contribution in [0.15, 0.2) is 36.7 Å². The van der Waals surface area contributed by atoms with Gasteiger partial charge in [0.1, 0.15) is 11.6 Å². The van der Waals surface area contributed by atoms with Crippen LogP contribution in [0.5, 0.6) is 0 Å². The number of fused-ring (bicyclic) bond motifs is 5. The van der Waals surface area contributed by atoms with E-state index in [1.807, 2.05) is 11.0 Å². The second-order valence-corrected chi connectivity index (χ2v) is 10.5. The summed E-state index contributed by atoms with van der Waals surface area (Å²) in [6.45, 7) is 5.95. The van der Waals surface area contributed by atoms with E-state index in [9.17, 15) is 13.6 Å². The maximum atomic E-state index is 14.5. The number of aromatic nitrogens is 4. The zero-order valence-electron chi connectivity index (χ0n) is 19.3. The molecule has 6 rings (SSSR count). The highest BCUT2D eigenvalue weighted by atomic mass is 19.1. The zero-order valence-corrected chi connectivity index (χ0v) is 19.3. The Labute approximate surface area is 196 Å². The third-order valence-corrected chi connectivity index (χ3v) is 8.84. The van der Waals surface area contributed by atoms with E-state index in [-0.39, 0.29) is 39.8 Å². The number of aromatic amines is 1. The monoisotopic (exact) mass is 463 g/mol. The SMILES string of the molecule is CC1(C)[C@H]2CC[C@]1([C@H]1CCCN(C(=O)c3cn[nH]c3)C1)c1nnc(-c3c(F)cccc3F)cc12. The molecule has 1 aliphatic heterocycles. The Bertz CT molecular complexity index is 1250. The number of amides is 1. The number of rotatable bonds is 3. The Morgan fingerprint density at radius 3 is 2.71 bits per heavy atom. The van der Waals surface area contributed by atoms with Gasteiger partial charge in [0.15, 0.2) is 0 Å². The van der Waals surface area contributed by atoms with Gasteiger partial charge in [0, 0.05) is 24.7 Å². The number of hydrogen-bond donors (Lipinski definition) is 1. The van der Waals surface area contributed by atoms with Crippen molar-refractivity contribution in [3.05, 3.63) is 65.1 Å². The first-order valence-corrected chi connectivity index (χ1v) is 11.9. The molecule has 2 aliphatic carbocycles. The molecular formula is C26H27F2N5O. The Kier molecular flexibility index (Phi) is 4.66. The van der Waals surface area contributed by atoms with E-state index >= 15 is 0 Å². The van der Waals surface area contributed by atoms with Crippen LogP contribution in [0.2, 0.25) is 0 Å². The lowest BCUT2D eigenvalue weighted by atomic mass is 9.59. The summed E-state index contributed by atoms with van der Waals surface area (Å²) in [5, 5.41) is 15.7. The first kappa shape index (κ1) is 21.4. The van der Waals surface area contributed by atoms with E-state index in [1.54, 1.807) is 12.4 Å². The van der Waals surface area contributed by atoms with Crippen LogP contribution in [0.25, 0.3) is 11.3 Å². The van der Waals surface area contributed by atoms with Crippen LogP contribution in [-0.2, 0) is 5.41 Å². The van der Waals surface area contributed by atoms with Gasteiger partial charge in [-0.15, -0.1) is 0 Å². The summed E-state index contributed by atoms with van der Waals surface area (Å²) in [4.78, 5) is 15.0. The Morgan fingerprint density at radius 1 is 1.18 bits per heavy atom. The van der Waals surface area contributed by atoms with Crippen LogP contribution >= 0.6 is 0 Å². The lowest BCUT2D eigenvalue weighted by molar-refractivity contribution is 0.0423. The molecule has 176 valence electrons. The Balaban J connectivity index is 1.40. The first-order chi connectivity index (χ1) is 16.3. The molecule has 6 nitrogen and oxygen atoms in total. The summed E-state index contributed by atoms with van der Waals surface area (Å²) < 4.78 is 29.0. The topological polar surface area (TPSA) is 74.8 Å². The fourth-order valence-corrected chi connectivity index (χ4v) is 7.25. The van der Waals surface area contributed by atoms with E-state index in [4.69, 9.17) is 0 Å². The number of hydrogen-bond acceptors (Lipinski definition) is 4. The largest absolute Gasteiger partial charge is 0.338 e. The molecule has 3 heterocycles. The molecule has 0 radical (unpaired) electrons. The minimum Gasteiger partial charge on any atom is -0.338 e. The number of carbonyl (C=O) groups excluding carboxylic acids is 1. The third-order valence-electron chi connectivity index (χ3n) is 8.84. The standard InChI is InChI=1S/C26H27F2N5O/c1-25(2)18-8-9-26(25,16-5-4-10-33(14-16)24(34)15-12-29-30-13-15)23-17(18)11-21(31-32-23)22-19(27)6-3-7-20(22)28/h3,6-7,11-13,16,18H,4-5,8-10,14H2,1-2H3,(H,29,30)/t16-,18-,26-/m0/s1. The average molecular weight is 464 g/mol. The second kappa shape index (κ2) is 7.42. The fourth-order valence-electron chi connectivity index (χ4n) is 7.25. The summed E-state index contributed by atoms with van der Waals surface area (Å²) in [5.41, 5.74) is 2.39. The van der Waals surface area contributed by atoms with Gasteiger partial charge < -0.3 is 4.90 Å². The van der Waals surface area contributed by atoms with Crippen molar-refractivity contribution in [2.75, 3.05) is 13.1 Å². The van der Waals surface area contributed by atoms with Gasteiger partial charge >= 0.3 is 0 Å². The minimum atomic E-state index is -0.632. The molecule has 3 atom stereocenters. The molecule has 2 bridgehead atoms. The van der Waals surface area contributed by atoms with Gasteiger partial charge in [0.2, 0.25) is 0 Å². The quantitative estimate of drug-likeness (QED) is 0.603. The van der Waals surface area contributed by atoms with Gasteiger partial charge in [0.05, 0.1) is 28.7 Å². The maximum Gasteiger partial charge on any atom is 0.257 e. The average Bonchev–Trinajstić information content (AvgIpc) is 3.50. The number of benzene rings is 1. The molecule has 3 aromatic rings. The summed E-state index contributed by atoms with van der Waals surface area (Å²) in [5.74, 6) is -0.786. The number of nitrogens with one attached hydrogen (secondary N) is 1. The summed E-state index contributed by atoms with van der Waals surface area (Å²) >= 11 is 0. The molecule has 1 aromatic carbocycles. The maximum absolute atomic E-state index is 14.5. The van der Waals surface area contributed by atoms with Gasteiger partial charge in [-0.2, -0.15) is 15.3 Å². The van der Waals surface area contributed by atoms with E-state index < -0.39 is 11.6 Å². The number of H-pyrrole nitrogens is 1. The van der Waals surface area contributed by atoms with Gasteiger partial charge in [-0.1, -0.05) is 19.9 Å². The van der Waals surface area contributed by atoms with Crippen LogP contribution < -0.4 is 0 Å². The molecule has 0 unspecified atom stereocenters. The van der Waals surface area contributed by atoms with E-state index in [1.165, 1.54) is 18.2 Å². The minimum absolute atomic E-state index is 0.00289. The third kappa shape index (κ3) is 2.77. The molecule has 1 N–H and O–H groups in total. The molecule has 1 saturated carbocycles. The van der Waals surface area contributed by atoms with Crippen LogP contribution in [-0.4, -0.2) is 44.3 Å². The Morgan fingerprint density at radius 2 is 1.97 bits per heavy atom. The molecule has 8 heteroatoms. The van der Waals surface area contributed by atoms with Crippen molar-refractivity contribution in [1.82, 2.24) is 25.3 Å². The van der Waals surface area contributed by atoms with Crippen LogP contribution in [0.4, 0.5) is 8.78 Å². The van der Waals surface area contributed by atoms with Crippen molar-refractivity contribution in [2.45, 2.75) is 50.9 Å². The number of nitrogens with zero attached hydrogens (tertiary/aromatic N) is 4. The van der Waals surface area contributed by atoms with Crippen LogP contribution in [0.1, 0.15) is 67.1 Å². The Hall–Kier alpha value is -3.16. The fraction of sp³-hybridized carbons (Fsp3) is 0.462. The molecular weight excluding hydrogens is 436 g/mol. The summed E-state index contributed by atoms with van der Waals surface area (Å²) in [6.07, 6.45) is 7.13. The molecule has 2 aromatic heterocycles. The second-order valence-electron chi connectivity index (χ2n) is 10.5. The molecule has 1 amide bonds. The van der Waals surface area contributed by atoms with E-state index in [0.29, 0.717) is 12.1 Å². The van der Waals surface area contributed by atoms with E-state index in [0.717, 1.165) is 43.5 Å². The highest BCUT2D eigenvalue weighted by molar-refractivity contribution is 5.93. The smallest absolute Gasteiger partial charge is 0.257 e. The van der Waals surface area contributed by atoms with Crippen LogP contribution in [0.3, 0.4) is 0 Å². The predicted molar refractivity (Wildman–Crippen MR) is 122 cm³/mol. The highest BCUT2D eigenvalue weighted by Crippen LogP contribution is 2.70. The van der Waals surface area contributed by atoms with E-state index in [2.05, 4.69) is 34.2 Å². The molecule has 2 fully saturated rings. The van der Waals surface area contributed by atoms with Crippen molar-refractivity contribution in [3.8, 4) is 11.3 Å². The zero-order chi connectivity index (χ0) is 23.7. The number of carbonyl (C=O) groups is 1. The molecule has 0 spiro atoms. The highest BCUT2D eigenvalue weighted by Gasteiger charge is 2.66. The lowest BCUT2D eigenvalue weighted by Crippen LogP contribution is -2.51. The van der Waals surface area contributed by atoms with Crippen molar-refractivity contribution < 1.29 is 13.6 Å². The molecule has 1 saturated heterocycles. The van der Waals surface area contributed by atoms with Gasteiger partial charge in [-0.25, -0.2) is 8.78 Å². The lowest BCUT2D eigenvalue weighted by Gasteiger charge is -2.48. The summed E-state index contributed by atoms with van der Waals surface area (Å²) in [7, 11) is 0. The van der Waals surface area contributed by atoms with Crippen molar-refractivity contribution >= 4 is 5.91 Å². The number of piperidine rings is 1. The predicted octanol–water partition coefficient (Wildman–Crippen LogP) is 4.85. The van der Waals surface area contributed by atoms with Crippen molar-refractivity contribution in [3.63, 3.8) is 0 Å². The van der Waals surface area contributed by atoms with Gasteiger partial charge in [-0.05, 0) is 66.7 Å². The van der Waals surface area contributed by atoms with Gasteiger partial charge in [-0.3, -0.25) is 9.89 Å². The first-order valence-electron chi connectivity index (χ1n) is 11.9. The van der Waals surface area contributed by atoms with Gasteiger partial charge in [0.25, 0.3) is 5.91 Å². The summed E-state index contributed by atoms with van der Waals surface area (Å²) in [6, 6.07) is 5.71. The van der Waals surface area contributed by atoms with Crippen molar-refractivity contribution in [1.29, 1.82) is 0 Å². The van der Waals surface area contributed by atoms with Crippen molar-refractivity contribution in [2.24, 2.45) is 11.3 Å². The van der Waals surface area contributed by atoms with Crippen LogP contribution in [0, 0.1) is 23.0 Å². The molecule has 34 heavy (non-hydrogen) atoms. The number of halogens is 2.